The summed E-state index contributed by atoms with van der Waals surface area (Å²) in [5.41, 5.74) is 0. The molecule has 90 valence electrons. The first-order valence-electron chi connectivity index (χ1n) is 6.46. The molecule has 1 N–H and O–H groups in total. The van der Waals surface area contributed by atoms with Crippen LogP contribution in [0.2, 0.25) is 0 Å². The van der Waals surface area contributed by atoms with Gasteiger partial charge in [-0.25, -0.2) is 0 Å². The first kappa shape index (κ1) is 13.0. The fourth-order valence-corrected chi connectivity index (χ4v) is 2.53. The van der Waals surface area contributed by atoms with Crippen LogP contribution in [0, 0.1) is 11.8 Å². The summed E-state index contributed by atoms with van der Waals surface area (Å²) in [4.78, 5) is 0. The number of ether oxygens (including phenoxy) is 1. The van der Waals surface area contributed by atoms with E-state index in [-0.39, 0.29) is 0 Å². The van der Waals surface area contributed by atoms with Gasteiger partial charge in [-0.1, -0.05) is 26.2 Å². The van der Waals surface area contributed by atoms with Gasteiger partial charge in [0.05, 0.1) is 0 Å². The van der Waals surface area contributed by atoms with Crippen LogP contribution in [-0.2, 0) is 4.74 Å². The first-order valence-corrected chi connectivity index (χ1v) is 6.46. The van der Waals surface area contributed by atoms with Gasteiger partial charge in [0.2, 0.25) is 0 Å². The molecule has 2 unspecified atom stereocenters. The average molecular weight is 213 g/mol. The number of rotatable bonds is 6. The molecule has 1 aliphatic rings. The number of hydrogen-bond acceptors (Lipinski definition) is 2. The lowest BCUT2D eigenvalue weighted by Gasteiger charge is -2.29. The average Bonchev–Trinajstić information content (AvgIpc) is 2.27. The van der Waals surface area contributed by atoms with Gasteiger partial charge in [0.25, 0.3) is 0 Å². The molecule has 0 aliphatic heterocycles. The number of nitrogens with one attached hydrogen (secondary N) is 1. The Morgan fingerprint density at radius 1 is 1.20 bits per heavy atom. The molecule has 0 radical (unpaired) electrons. The summed E-state index contributed by atoms with van der Waals surface area (Å²) < 4.78 is 5.14. The van der Waals surface area contributed by atoms with Crippen molar-refractivity contribution in [3.63, 3.8) is 0 Å². The molecule has 0 aromatic carbocycles. The van der Waals surface area contributed by atoms with E-state index in [9.17, 15) is 0 Å². The molecule has 0 spiro atoms. The van der Waals surface area contributed by atoms with Crippen LogP contribution in [0.4, 0.5) is 0 Å². The Bertz CT molecular complexity index is 155. The second kappa shape index (κ2) is 7.24. The Labute approximate surface area is 94.8 Å². The van der Waals surface area contributed by atoms with Crippen molar-refractivity contribution in [2.75, 3.05) is 20.3 Å². The molecule has 0 aromatic rings. The van der Waals surface area contributed by atoms with Crippen molar-refractivity contribution in [1.82, 2.24) is 5.32 Å². The lowest BCUT2D eigenvalue weighted by atomic mass is 9.84. The maximum Gasteiger partial charge on any atom is 0.0499 e. The third-order valence-corrected chi connectivity index (χ3v) is 3.60. The van der Waals surface area contributed by atoms with Crippen LogP contribution >= 0.6 is 0 Å². The molecule has 1 rings (SSSR count). The van der Waals surface area contributed by atoms with Gasteiger partial charge < -0.3 is 10.1 Å². The molecule has 1 saturated carbocycles. The zero-order valence-electron chi connectivity index (χ0n) is 10.6. The highest BCUT2D eigenvalue weighted by Crippen LogP contribution is 2.26. The van der Waals surface area contributed by atoms with Gasteiger partial charge in [-0.2, -0.15) is 0 Å². The minimum absolute atomic E-state index is 0.626. The molecule has 0 heterocycles. The minimum Gasteiger partial charge on any atom is -0.384 e. The third kappa shape index (κ3) is 4.98. The SMILES string of the molecule is COCC(C)CNC(C)C1CCCCC1. The van der Waals surface area contributed by atoms with E-state index in [2.05, 4.69) is 19.2 Å². The Balaban J connectivity index is 2.13. The van der Waals surface area contributed by atoms with Gasteiger partial charge in [-0.3, -0.25) is 0 Å². The standard InChI is InChI=1S/C13H27NO/c1-11(10-15-3)9-14-12(2)13-7-5-4-6-8-13/h11-14H,4-10H2,1-3H3. The smallest absolute Gasteiger partial charge is 0.0499 e. The van der Waals surface area contributed by atoms with E-state index in [0.29, 0.717) is 12.0 Å². The monoisotopic (exact) mass is 213 g/mol. The van der Waals surface area contributed by atoms with E-state index < -0.39 is 0 Å². The summed E-state index contributed by atoms with van der Waals surface area (Å²) in [6.07, 6.45) is 7.16. The van der Waals surface area contributed by atoms with Crippen LogP contribution in [0.5, 0.6) is 0 Å². The van der Waals surface area contributed by atoms with Gasteiger partial charge in [-0.05, 0) is 31.6 Å². The van der Waals surface area contributed by atoms with Gasteiger partial charge in [0, 0.05) is 26.3 Å². The van der Waals surface area contributed by atoms with Crippen molar-refractivity contribution < 1.29 is 4.74 Å². The Hall–Kier alpha value is -0.0800. The summed E-state index contributed by atoms with van der Waals surface area (Å²) in [7, 11) is 1.78. The van der Waals surface area contributed by atoms with E-state index in [0.717, 1.165) is 19.1 Å². The first-order chi connectivity index (χ1) is 7.24. The van der Waals surface area contributed by atoms with E-state index >= 15 is 0 Å². The molecule has 1 aliphatic carbocycles. The fraction of sp³-hybridized carbons (Fsp3) is 1.00. The highest BCUT2D eigenvalue weighted by atomic mass is 16.5. The third-order valence-electron chi connectivity index (χ3n) is 3.60. The molecule has 0 bridgehead atoms. The highest BCUT2D eigenvalue weighted by molar-refractivity contribution is 4.76. The fourth-order valence-electron chi connectivity index (χ4n) is 2.53. The van der Waals surface area contributed by atoms with Crippen molar-refractivity contribution in [3.05, 3.63) is 0 Å². The quantitative estimate of drug-likeness (QED) is 0.732. The maximum absolute atomic E-state index is 5.14. The van der Waals surface area contributed by atoms with E-state index in [1.54, 1.807) is 7.11 Å². The van der Waals surface area contributed by atoms with Crippen molar-refractivity contribution >= 4 is 0 Å². The summed E-state index contributed by atoms with van der Waals surface area (Å²) in [5.74, 6) is 1.54. The zero-order valence-corrected chi connectivity index (χ0v) is 10.6. The van der Waals surface area contributed by atoms with Gasteiger partial charge in [-0.15, -0.1) is 0 Å². The lowest BCUT2D eigenvalue weighted by Crippen LogP contribution is -2.37. The molecule has 2 heteroatoms. The molecule has 1 fully saturated rings. The summed E-state index contributed by atoms with van der Waals surface area (Å²) >= 11 is 0. The largest absolute Gasteiger partial charge is 0.384 e. The van der Waals surface area contributed by atoms with Crippen LogP contribution in [0.25, 0.3) is 0 Å². The van der Waals surface area contributed by atoms with Crippen molar-refractivity contribution in [2.24, 2.45) is 11.8 Å². The molecule has 0 amide bonds. The summed E-state index contributed by atoms with van der Waals surface area (Å²) in [6, 6.07) is 0.685. The normalized spacial score (nSPS) is 22.6. The zero-order chi connectivity index (χ0) is 11.1. The minimum atomic E-state index is 0.626. The van der Waals surface area contributed by atoms with Crippen molar-refractivity contribution in [3.8, 4) is 0 Å². The Morgan fingerprint density at radius 2 is 1.87 bits per heavy atom. The molecule has 0 saturated heterocycles. The van der Waals surface area contributed by atoms with Gasteiger partial charge in [0.1, 0.15) is 0 Å². The lowest BCUT2D eigenvalue weighted by molar-refractivity contribution is 0.153. The molecule has 2 nitrogen and oxygen atoms in total. The second-order valence-corrected chi connectivity index (χ2v) is 5.16. The molecule has 0 aromatic heterocycles. The number of hydrogen-bond donors (Lipinski definition) is 1. The topological polar surface area (TPSA) is 21.3 Å². The predicted molar refractivity (Wildman–Crippen MR) is 65.1 cm³/mol. The Morgan fingerprint density at radius 3 is 2.47 bits per heavy atom. The molecular weight excluding hydrogens is 186 g/mol. The van der Waals surface area contributed by atoms with Crippen LogP contribution in [0.3, 0.4) is 0 Å². The highest BCUT2D eigenvalue weighted by Gasteiger charge is 2.19. The van der Waals surface area contributed by atoms with Gasteiger partial charge >= 0.3 is 0 Å². The summed E-state index contributed by atoms with van der Waals surface area (Å²) in [5, 5.41) is 3.66. The van der Waals surface area contributed by atoms with Crippen LogP contribution < -0.4 is 5.32 Å². The van der Waals surface area contributed by atoms with E-state index in [4.69, 9.17) is 4.74 Å². The van der Waals surface area contributed by atoms with Crippen LogP contribution in [0.15, 0.2) is 0 Å². The second-order valence-electron chi connectivity index (χ2n) is 5.16. The molecular formula is C13H27NO. The van der Waals surface area contributed by atoms with Gasteiger partial charge in [0.15, 0.2) is 0 Å². The summed E-state index contributed by atoms with van der Waals surface area (Å²) in [6.45, 7) is 6.54. The van der Waals surface area contributed by atoms with Crippen molar-refractivity contribution in [1.29, 1.82) is 0 Å². The number of methoxy groups -OCH3 is 1. The van der Waals surface area contributed by atoms with Crippen LogP contribution in [-0.4, -0.2) is 26.3 Å². The molecule has 15 heavy (non-hydrogen) atoms. The van der Waals surface area contributed by atoms with E-state index in [1.165, 1.54) is 32.1 Å². The van der Waals surface area contributed by atoms with Crippen LogP contribution in [0.1, 0.15) is 46.0 Å². The maximum atomic E-state index is 5.14. The van der Waals surface area contributed by atoms with Crippen molar-refractivity contribution in [2.45, 2.75) is 52.0 Å². The Kier molecular flexibility index (Phi) is 6.26. The molecule has 2 atom stereocenters. The predicted octanol–water partition coefficient (Wildman–Crippen LogP) is 2.83. The van der Waals surface area contributed by atoms with E-state index in [1.807, 2.05) is 0 Å².